The van der Waals surface area contributed by atoms with E-state index in [9.17, 15) is 9.59 Å². The molecule has 3 aromatic carbocycles. The van der Waals surface area contributed by atoms with E-state index in [0.29, 0.717) is 47.6 Å². The Kier molecular flexibility index (Phi) is 10.0. The highest BCUT2D eigenvalue weighted by Gasteiger charge is 2.24. The number of benzene rings is 3. The van der Waals surface area contributed by atoms with Gasteiger partial charge in [0.15, 0.2) is 6.61 Å². The molecule has 3 aromatic rings. The minimum absolute atomic E-state index is 0.00703. The molecule has 0 radical (unpaired) electrons. The van der Waals surface area contributed by atoms with E-state index in [1.165, 1.54) is 7.11 Å². The van der Waals surface area contributed by atoms with Gasteiger partial charge in [0.05, 0.1) is 25.4 Å². The summed E-state index contributed by atoms with van der Waals surface area (Å²) >= 11 is 12.0. The minimum atomic E-state index is -0.370. The van der Waals surface area contributed by atoms with Crippen LogP contribution in [0.3, 0.4) is 0 Å². The molecule has 0 saturated carbocycles. The fourth-order valence-corrected chi connectivity index (χ4v) is 4.42. The van der Waals surface area contributed by atoms with E-state index in [4.69, 9.17) is 37.4 Å². The van der Waals surface area contributed by atoms with Crippen LogP contribution in [-0.2, 0) is 20.9 Å². The molecule has 200 valence electrons. The molecule has 1 saturated heterocycles. The average Bonchev–Trinajstić information content (AvgIpc) is 2.95. The number of esters is 1. The van der Waals surface area contributed by atoms with Gasteiger partial charge in [-0.15, -0.1) is 0 Å². The van der Waals surface area contributed by atoms with Crippen LogP contribution in [0.5, 0.6) is 5.75 Å². The van der Waals surface area contributed by atoms with Crippen molar-refractivity contribution < 1.29 is 23.8 Å². The maximum Gasteiger partial charge on any atom is 0.337 e. The van der Waals surface area contributed by atoms with E-state index in [2.05, 4.69) is 4.90 Å². The predicted octanol–water partition coefficient (Wildman–Crippen LogP) is 5.26. The number of halogens is 2. The van der Waals surface area contributed by atoms with Crippen molar-refractivity contribution >= 4 is 35.1 Å². The molecule has 0 unspecified atom stereocenters. The van der Waals surface area contributed by atoms with Gasteiger partial charge in [-0.2, -0.15) is 0 Å². The molecular formula is C29H30Cl2N2O5. The topological polar surface area (TPSA) is 68.3 Å². The van der Waals surface area contributed by atoms with Crippen LogP contribution in [0.1, 0.15) is 27.6 Å². The molecule has 0 spiro atoms. The molecule has 1 amide bonds. The summed E-state index contributed by atoms with van der Waals surface area (Å²) in [5.41, 5.74) is 2.47. The van der Waals surface area contributed by atoms with Crippen LogP contribution in [0.2, 0.25) is 10.0 Å². The normalized spacial score (nSPS) is 14.7. The van der Waals surface area contributed by atoms with E-state index in [-0.39, 0.29) is 24.6 Å². The molecular weight excluding hydrogens is 527 g/mol. The minimum Gasteiger partial charge on any atom is -0.484 e. The molecule has 4 rings (SSSR count). The van der Waals surface area contributed by atoms with Crippen molar-refractivity contribution in [1.29, 1.82) is 0 Å². The summed E-state index contributed by atoms with van der Waals surface area (Å²) in [5, 5.41) is 1.29. The summed E-state index contributed by atoms with van der Waals surface area (Å²) in [6.45, 7) is 3.74. The largest absolute Gasteiger partial charge is 0.484 e. The first-order valence-corrected chi connectivity index (χ1v) is 13.1. The monoisotopic (exact) mass is 556 g/mol. The zero-order valence-corrected chi connectivity index (χ0v) is 22.7. The van der Waals surface area contributed by atoms with Crippen LogP contribution in [-0.4, -0.2) is 68.1 Å². The highest BCUT2D eigenvalue weighted by atomic mass is 35.5. The van der Waals surface area contributed by atoms with Crippen molar-refractivity contribution in [3.63, 3.8) is 0 Å². The summed E-state index contributed by atoms with van der Waals surface area (Å²) in [4.78, 5) is 28.5. The van der Waals surface area contributed by atoms with Crippen molar-refractivity contribution in [2.24, 2.45) is 0 Å². The maximum absolute atomic E-state index is 12.7. The fraction of sp³-hybridized carbons (Fsp3) is 0.310. The first-order valence-electron chi connectivity index (χ1n) is 12.3. The number of amides is 1. The molecule has 1 aliphatic rings. The van der Waals surface area contributed by atoms with Crippen molar-refractivity contribution in [3.05, 3.63) is 99.5 Å². The highest BCUT2D eigenvalue weighted by Crippen LogP contribution is 2.24. The predicted molar refractivity (Wildman–Crippen MR) is 147 cm³/mol. The van der Waals surface area contributed by atoms with E-state index in [0.717, 1.165) is 24.2 Å². The number of nitrogens with zero attached hydrogens (tertiary/aromatic N) is 2. The van der Waals surface area contributed by atoms with Gasteiger partial charge in [0.2, 0.25) is 0 Å². The molecule has 38 heavy (non-hydrogen) atoms. The van der Waals surface area contributed by atoms with Crippen LogP contribution in [0.15, 0.2) is 72.8 Å². The van der Waals surface area contributed by atoms with Crippen LogP contribution >= 0.6 is 23.2 Å². The Balaban J connectivity index is 1.31. The van der Waals surface area contributed by atoms with Crippen LogP contribution in [0.25, 0.3) is 0 Å². The number of methoxy groups -OCH3 is 1. The van der Waals surface area contributed by atoms with Crippen molar-refractivity contribution in [2.75, 3.05) is 46.4 Å². The van der Waals surface area contributed by atoms with Gasteiger partial charge in [0, 0.05) is 42.8 Å². The Morgan fingerprint density at radius 1 is 0.842 bits per heavy atom. The van der Waals surface area contributed by atoms with Gasteiger partial charge in [0.1, 0.15) is 5.75 Å². The Morgan fingerprint density at radius 2 is 1.45 bits per heavy atom. The Bertz CT molecular complexity index is 1200. The lowest BCUT2D eigenvalue weighted by Gasteiger charge is -2.36. The lowest BCUT2D eigenvalue weighted by molar-refractivity contribution is -0.135. The Morgan fingerprint density at radius 3 is 2.05 bits per heavy atom. The molecule has 9 heteroatoms. The van der Waals surface area contributed by atoms with Crippen LogP contribution in [0, 0.1) is 0 Å². The van der Waals surface area contributed by atoms with E-state index < -0.39 is 0 Å². The zero-order chi connectivity index (χ0) is 26.9. The third-order valence-corrected chi connectivity index (χ3v) is 6.90. The number of hydrogen-bond donors (Lipinski definition) is 0. The standard InChI is InChI=1S/C29H30Cl2N2O5/c1-36-29(35)23-4-2-21(3-5-23)19-38-27(22-6-8-24(30)9-7-22)18-32-14-16-33(17-15-32)28(34)20-37-26-12-10-25(31)11-13-26/h2-13,27H,14-20H2,1H3/t27-/m0/s1. The Labute approximate surface area is 232 Å². The average molecular weight is 557 g/mol. The van der Waals surface area contributed by atoms with Gasteiger partial charge >= 0.3 is 5.97 Å². The van der Waals surface area contributed by atoms with Gasteiger partial charge < -0.3 is 19.1 Å². The molecule has 0 N–H and O–H groups in total. The second-order valence-electron chi connectivity index (χ2n) is 8.96. The van der Waals surface area contributed by atoms with E-state index in [1.807, 2.05) is 41.3 Å². The molecule has 1 aliphatic heterocycles. The number of hydrogen-bond acceptors (Lipinski definition) is 6. The van der Waals surface area contributed by atoms with Crippen molar-refractivity contribution in [2.45, 2.75) is 12.7 Å². The van der Waals surface area contributed by atoms with Gasteiger partial charge in [-0.1, -0.05) is 47.5 Å². The third kappa shape index (κ3) is 7.95. The van der Waals surface area contributed by atoms with Gasteiger partial charge in [-0.3, -0.25) is 9.69 Å². The lowest BCUT2D eigenvalue weighted by atomic mass is 10.1. The second kappa shape index (κ2) is 13.6. The number of ether oxygens (including phenoxy) is 3. The summed E-state index contributed by atoms with van der Waals surface area (Å²) in [7, 11) is 1.36. The zero-order valence-electron chi connectivity index (χ0n) is 21.1. The third-order valence-electron chi connectivity index (χ3n) is 6.39. The van der Waals surface area contributed by atoms with Gasteiger partial charge in [-0.25, -0.2) is 4.79 Å². The quantitative estimate of drug-likeness (QED) is 0.317. The molecule has 0 aromatic heterocycles. The fourth-order valence-electron chi connectivity index (χ4n) is 4.17. The molecule has 1 atom stereocenters. The molecule has 1 heterocycles. The summed E-state index contributed by atoms with van der Waals surface area (Å²) < 4.78 is 16.7. The number of carbonyl (C=O) groups excluding carboxylic acids is 2. The van der Waals surface area contributed by atoms with E-state index >= 15 is 0 Å². The van der Waals surface area contributed by atoms with Crippen LogP contribution < -0.4 is 4.74 Å². The summed E-state index contributed by atoms with van der Waals surface area (Å²) in [6, 6.07) is 21.8. The lowest BCUT2D eigenvalue weighted by Crippen LogP contribution is -2.50. The van der Waals surface area contributed by atoms with Crippen molar-refractivity contribution in [1.82, 2.24) is 9.80 Å². The highest BCUT2D eigenvalue weighted by molar-refractivity contribution is 6.30. The molecule has 0 aliphatic carbocycles. The number of piperazine rings is 1. The number of carbonyl (C=O) groups is 2. The van der Waals surface area contributed by atoms with Gasteiger partial charge in [0.25, 0.3) is 5.91 Å². The first-order chi connectivity index (χ1) is 18.4. The van der Waals surface area contributed by atoms with Crippen molar-refractivity contribution in [3.8, 4) is 5.75 Å². The molecule has 7 nitrogen and oxygen atoms in total. The molecule has 0 bridgehead atoms. The first kappa shape index (κ1) is 27.9. The van der Waals surface area contributed by atoms with E-state index in [1.54, 1.807) is 36.4 Å². The van der Waals surface area contributed by atoms with Gasteiger partial charge in [-0.05, 0) is 59.7 Å². The molecule has 1 fully saturated rings. The summed E-state index contributed by atoms with van der Waals surface area (Å²) in [6.07, 6.45) is -0.192. The summed E-state index contributed by atoms with van der Waals surface area (Å²) in [5.74, 6) is 0.204. The number of rotatable bonds is 10. The maximum atomic E-state index is 12.7. The van der Waals surface area contributed by atoms with Crippen LogP contribution in [0.4, 0.5) is 0 Å². The second-order valence-corrected chi connectivity index (χ2v) is 9.84. The Hall–Kier alpha value is -3.10. The smallest absolute Gasteiger partial charge is 0.337 e. The SMILES string of the molecule is COC(=O)c1ccc(CO[C@@H](CN2CCN(C(=O)COc3ccc(Cl)cc3)CC2)c2ccc(Cl)cc2)cc1.